The van der Waals surface area contributed by atoms with Crippen molar-refractivity contribution in [1.29, 1.82) is 0 Å². The van der Waals surface area contributed by atoms with Crippen molar-refractivity contribution in [3.63, 3.8) is 0 Å². The van der Waals surface area contributed by atoms with E-state index in [0.717, 1.165) is 33.5 Å². The fourth-order valence-corrected chi connectivity index (χ4v) is 6.30. The Morgan fingerprint density at radius 2 is 1.51 bits per heavy atom. The Bertz CT molecular complexity index is 1860. The Morgan fingerprint density at radius 1 is 0.909 bits per heavy atom. The Morgan fingerprint density at radius 3 is 2.09 bits per heavy atom. The first-order valence-corrected chi connectivity index (χ1v) is 18.2. The molecule has 2 heterocycles. The van der Waals surface area contributed by atoms with Crippen LogP contribution in [0.5, 0.6) is 0 Å². The van der Waals surface area contributed by atoms with E-state index in [1.54, 1.807) is 34.7 Å². The summed E-state index contributed by atoms with van der Waals surface area (Å²) < 4.78 is 7.67. The van der Waals surface area contributed by atoms with Gasteiger partial charge in [0.05, 0.1) is 6.54 Å². The summed E-state index contributed by atoms with van der Waals surface area (Å²) in [5.74, 6) is -2.92. The molecule has 7 amide bonds. The summed E-state index contributed by atoms with van der Waals surface area (Å²) in [5.41, 5.74) is -0.525. The van der Waals surface area contributed by atoms with Crippen molar-refractivity contribution in [2.24, 2.45) is 12.5 Å². The quantitative estimate of drug-likeness (QED) is 0.194. The zero-order chi connectivity index (χ0) is 41.6. The van der Waals surface area contributed by atoms with E-state index in [4.69, 9.17) is 4.74 Å². The molecular weight excluding hydrogens is 706 g/mol. The predicted octanol–water partition coefficient (Wildman–Crippen LogP) is 2.78. The van der Waals surface area contributed by atoms with Gasteiger partial charge in [0.2, 0.25) is 23.6 Å². The number of likely N-dealkylation sites (N-methyl/N-ethyl adjacent to an activating group) is 2. The van der Waals surface area contributed by atoms with E-state index < -0.39 is 70.1 Å². The molecule has 2 aromatic rings. The van der Waals surface area contributed by atoms with Crippen molar-refractivity contribution in [2.45, 2.75) is 85.4 Å². The van der Waals surface area contributed by atoms with E-state index >= 15 is 0 Å². The summed E-state index contributed by atoms with van der Waals surface area (Å²) in [5, 5.41) is 8.95. The highest BCUT2D eigenvalue weighted by Gasteiger charge is 2.46. The van der Waals surface area contributed by atoms with Crippen LogP contribution in [0.25, 0.3) is 10.9 Å². The highest BCUT2D eigenvalue weighted by Crippen LogP contribution is 2.37. The topological polar surface area (TPSA) is 179 Å². The Labute approximate surface area is 323 Å². The van der Waals surface area contributed by atoms with Gasteiger partial charge in [0, 0.05) is 81.0 Å². The lowest BCUT2D eigenvalue weighted by atomic mass is 9.76. The molecular formula is C40H57N7O8. The number of nitrogens with one attached hydrogen (secondary N) is 3. The molecule has 15 heteroatoms. The van der Waals surface area contributed by atoms with Gasteiger partial charge in [-0.2, -0.15) is 0 Å². The number of amides is 7. The second-order valence-corrected chi connectivity index (χ2v) is 16.5. The minimum atomic E-state index is -1.11. The third kappa shape index (κ3) is 11.0. The fourth-order valence-electron chi connectivity index (χ4n) is 6.30. The molecule has 1 aliphatic rings. The van der Waals surface area contributed by atoms with E-state index in [1.165, 1.54) is 22.9 Å². The molecule has 55 heavy (non-hydrogen) atoms. The number of fused-ring (bicyclic) bond motifs is 1. The van der Waals surface area contributed by atoms with E-state index in [1.807, 2.05) is 76.7 Å². The molecule has 0 radical (unpaired) electrons. The summed E-state index contributed by atoms with van der Waals surface area (Å²) in [6.45, 7) is 15.7. The van der Waals surface area contributed by atoms with Crippen LogP contribution in [-0.2, 0) is 46.0 Å². The van der Waals surface area contributed by atoms with E-state index in [0.29, 0.717) is 0 Å². The van der Waals surface area contributed by atoms with E-state index in [2.05, 4.69) is 16.0 Å². The van der Waals surface area contributed by atoms with Crippen molar-refractivity contribution in [3.8, 4) is 0 Å². The molecule has 3 N–H and O–H groups in total. The monoisotopic (exact) mass is 763 g/mol. The van der Waals surface area contributed by atoms with Crippen LogP contribution in [0, 0.1) is 5.41 Å². The first-order valence-electron chi connectivity index (χ1n) is 18.2. The highest BCUT2D eigenvalue weighted by molar-refractivity contribution is 6.12. The first-order chi connectivity index (χ1) is 25.4. The lowest BCUT2D eigenvalue weighted by Crippen LogP contribution is -2.62. The number of hydrogen-bond donors (Lipinski definition) is 3. The number of para-hydroxylation sites is 1. The molecule has 2 atom stereocenters. The third-order valence-corrected chi connectivity index (χ3v) is 9.36. The molecule has 0 saturated carbocycles. The lowest BCUT2D eigenvalue weighted by Gasteiger charge is -2.41. The van der Waals surface area contributed by atoms with Crippen LogP contribution in [0.2, 0.25) is 0 Å². The van der Waals surface area contributed by atoms with Gasteiger partial charge in [0.1, 0.15) is 17.7 Å². The average Bonchev–Trinajstić information content (AvgIpc) is 3.60. The number of nitrogens with zero attached hydrogens (tertiary/aromatic N) is 4. The number of rotatable bonds is 14. The first kappa shape index (κ1) is 43.9. The number of imide groups is 1. The largest absolute Gasteiger partial charge is 0.444 e. The van der Waals surface area contributed by atoms with Crippen molar-refractivity contribution in [3.05, 3.63) is 59.8 Å². The van der Waals surface area contributed by atoms with Gasteiger partial charge in [-0.1, -0.05) is 58.9 Å². The van der Waals surface area contributed by atoms with Crippen molar-refractivity contribution in [1.82, 2.24) is 35.2 Å². The predicted molar refractivity (Wildman–Crippen MR) is 208 cm³/mol. The zero-order valence-electron chi connectivity index (χ0n) is 34.2. The maximum Gasteiger partial charge on any atom is 0.410 e. The van der Waals surface area contributed by atoms with Crippen LogP contribution < -0.4 is 16.0 Å². The minimum absolute atomic E-state index is 0.00271. The smallest absolute Gasteiger partial charge is 0.410 e. The van der Waals surface area contributed by atoms with Gasteiger partial charge in [0.15, 0.2) is 0 Å². The van der Waals surface area contributed by atoms with Gasteiger partial charge >= 0.3 is 6.09 Å². The van der Waals surface area contributed by atoms with Crippen LogP contribution in [-0.4, -0.2) is 119 Å². The van der Waals surface area contributed by atoms with Gasteiger partial charge in [-0.25, -0.2) is 4.79 Å². The van der Waals surface area contributed by atoms with Gasteiger partial charge in [0.25, 0.3) is 11.8 Å². The van der Waals surface area contributed by atoms with E-state index in [-0.39, 0.29) is 31.8 Å². The Balaban J connectivity index is 1.76. The second kappa shape index (κ2) is 17.3. The number of ether oxygens (including phenoxy) is 1. The minimum Gasteiger partial charge on any atom is -0.444 e. The molecule has 0 bridgehead atoms. The van der Waals surface area contributed by atoms with Gasteiger partial charge in [-0.15, -0.1) is 0 Å². The molecule has 0 aliphatic carbocycles. The molecule has 1 unspecified atom stereocenters. The number of carbonyl (C=O) groups excluding carboxylic acids is 7. The lowest BCUT2D eigenvalue weighted by molar-refractivity contribution is -0.140. The normalized spacial score (nSPS) is 14.8. The maximum atomic E-state index is 14.6. The van der Waals surface area contributed by atoms with Crippen LogP contribution >= 0.6 is 0 Å². The zero-order valence-corrected chi connectivity index (χ0v) is 34.2. The SMILES string of the molecule is C/C(=C\CN(C)C(=O)C(NC(=O)[C@@H](N(C)C(=O)OC(C)(C)C)C(C)(C)c1cn(C)c2ccccc12)C(C)(C)C)C(=O)NCC(=O)NCCN1C(=O)C=CC1=O. The summed E-state index contributed by atoms with van der Waals surface area (Å²) in [6.07, 6.45) is 5.10. The molecule has 3 rings (SSSR count). The maximum absolute atomic E-state index is 14.6. The summed E-state index contributed by atoms with van der Waals surface area (Å²) >= 11 is 0. The molecule has 1 aromatic heterocycles. The van der Waals surface area contributed by atoms with Crippen molar-refractivity contribution in [2.75, 3.05) is 40.3 Å². The molecule has 0 saturated heterocycles. The number of benzene rings is 1. The molecule has 15 nitrogen and oxygen atoms in total. The molecule has 0 fully saturated rings. The van der Waals surface area contributed by atoms with Crippen LogP contribution in [0.4, 0.5) is 4.79 Å². The average molecular weight is 764 g/mol. The van der Waals surface area contributed by atoms with E-state index in [9.17, 15) is 33.6 Å². The van der Waals surface area contributed by atoms with Gasteiger partial charge in [-0.05, 0) is 44.7 Å². The van der Waals surface area contributed by atoms with Crippen LogP contribution in [0.1, 0.15) is 67.9 Å². The number of aromatic nitrogens is 1. The standard InChI is InChI=1S/C40H57N7O8/c1-25(34(51)42-23-29(48)41-20-22-47-30(49)17-18-31(47)50)19-21-44(10)36(53)32(38(2,3)4)43-35(52)33(46(12)37(54)55-39(5,6)7)40(8,9)27-24-45(11)28-16-14-13-15-26(27)28/h13-19,24,32-33H,20-23H2,1-12H3,(H,41,48)(H,42,51)(H,43,52)/b25-19+/t32?,33-/m1/s1. The summed E-state index contributed by atoms with van der Waals surface area (Å²) in [7, 11) is 4.99. The van der Waals surface area contributed by atoms with Crippen LogP contribution in [0.15, 0.2) is 54.3 Å². The van der Waals surface area contributed by atoms with Gasteiger partial charge in [-0.3, -0.25) is 38.6 Å². The molecule has 300 valence electrons. The molecule has 1 aliphatic heterocycles. The van der Waals surface area contributed by atoms with Crippen molar-refractivity contribution >= 4 is 52.4 Å². The Hall–Kier alpha value is -5.47. The van der Waals surface area contributed by atoms with Crippen LogP contribution in [0.3, 0.4) is 0 Å². The van der Waals surface area contributed by atoms with Crippen molar-refractivity contribution < 1.29 is 38.3 Å². The second-order valence-electron chi connectivity index (χ2n) is 16.5. The number of hydrogen-bond acceptors (Lipinski definition) is 8. The van der Waals surface area contributed by atoms with Gasteiger partial charge < -0.3 is 30.2 Å². The Kier molecular flexibility index (Phi) is 13.8. The highest BCUT2D eigenvalue weighted by atomic mass is 16.6. The summed E-state index contributed by atoms with van der Waals surface area (Å²) in [4.78, 5) is 94.1. The fraction of sp³-hybridized carbons (Fsp3) is 0.525. The number of carbonyl (C=O) groups is 7. The molecule has 0 spiro atoms. The summed E-state index contributed by atoms with van der Waals surface area (Å²) in [6, 6.07) is 5.66. The third-order valence-electron chi connectivity index (χ3n) is 9.36. The molecule has 1 aromatic carbocycles. The number of aryl methyl sites for hydroxylation is 1.